The lowest BCUT2D eigenvalue weighted by Gasteiger charge is -2.33. The number of morpholine rings is 1. The summed E-state index contributed by atoms with van der Waals surface area (Å²) in [5.41, 5.74) is 9.23. The van der Waals surface area contributed by atoms with Gasteiger partial charge in [0.15, 0.2) is 5.65 Å². The first-order chi connectivity index (χ1) is 16.3. The summed E-state index contributed by atoms with van der Waals surface area (Å²) in [6.07, 6.45) is 3.40. The van der Waals surface area contributed by atoms with Crippen LogP contribution in [0.1, 0.15) is 24.2 Å². The van der Waals surface area contributed by atoms with Gasteiger partial charge in [-0.15, -0.1) is 0 Å². The molecule has 5 rings (SSSR count). The highest BCUT2D eigenvalue weighted by Gasteiger charge is 2.29. The summed E-state index contributed by atoms with van der Waals surface area (Å²) < 4.78 is 34.2. The summed E-state index contributed by atoms with van der Waals surface area (Å²) in [6, 6.07) is 3.69. The second kappa shape index (κ2) is 8.73. The number of rotatable bonds is 5. The van der Waals surface area contributed by atoms with E-state index in [1.54, 1.807) is 11.2 Å². The minimum Gasteiger partial charge on any atom is -0.399 e. The highest BCUT2D eigenvalue weighted by molar-refractivity contribution is 5.88. The third-order valence-electron chi connectivity index (χ3n) is 6.10. The van der Waals surface area contributed by atoms with Crippen molar-refractivity contribution in [2.45, 2.75) is 38.8 Å². The molecule has 1 saturated carbocycles. The van der Waals surface area contributed by atoms with Crippen molar-refractivity contribution < 1.29 is 13.5 Å². The Labute approximate surface area is 195 Å². The van der Waals surface area contributed by atoms with Crippen LogP contribution in [0.4, 0.5) is 14.7 Å². The maximum atomic E-state index is 14.8. The van der Waals surface area contributed by atoms with Gasteiger partial charge in [-0.3, -0.25) is 0 Å². The van der Waals surface area contributed by atoms with Crippen molar-refractivity contribution in [3.63, 3.8) is 0 Å². The van der Waals surface area contributed by atoms with Gasteiger partial charge in [-0.2, -0.15) is 4.98 Å². The quantitative estimate of drug-likeness (QED) is 0.429. The summed E-state index contributed by atoms with van der Waals surface area (Å²) in [7, 11) is 0. The number of nitrogens with two attached hydrogens (primary N) is 2. The summed E-state index contributed by atoms with van der Waals surface area (Å²) in [4.78, 5) is 20.3. The second-order valence-electron chi connectivity index (χ2n) is 8.68. The van der Waals surface area contributed by atoms with Crippen LogP contribution in [0, 0.1) is 25.5 Å². The van der Waals surface area contributed by atoms with E-state index >= 15 is 0 Å². The SMILES string of the molecule is Cc1nc2nc(N3CCOC(/C(N)=C/N(N)C4CC4)C3)nc(-c3ccc(F)cc3F)c2nc1C. The number of hydrazine groups is 1. The Balaban J connectivity index is 1.55. The lowest BCUT2D eigenvalue weighted by Crippen LogP contribution is -2.46. The molecule has 2 aromatic heterocycles. The van der Waals surface area contributed by atoms with Gasteiger partial charge in [0.2, 0.25) is 5.95 Å². The zero-order valence-corrected chi connectivity index (χ0v) is 19.0. The molecule has 2 fully saturated rings. The molecule has 1 atom stereocenters. The van der Waals surface area contributed by atoms with Gasteiger partial charge in [0.25, 0.3) is 0 Å². The van der Waals surface area contributed by atoms with Crippen molar-refractivity contribution in [3.8, 4) is 11.3 Å². The molecule has 1 aliphatic carbocycles. The van der Waals surface area contributed by atoms with E-state index in [4.69, 9.17) is 16.3 Å². The monoisotopic (exact) mass is 468 g/mol. The standard InChI is InChI=1S/C23H26F2N8O/c1-12-13(2)29-22-21(28-12)20(16-6-3-14(24)9-17(16)25)30-23(31-22)32-7-8-34-19(11-32)18(26)10-33(27)15-4-5-15/h3,6,9-10,15,19H,4-5,7-8,11,26-27H2,1-2H3/b18-10-. The third kappa shape index (κ3) is 4.36. The van der Waals surface area contributed by atoms with Crippen LogP contribution in [0.2, 0.25) is 0 Å². The fourth-order valence-corrected chi connectivity index (χ4v) is 3.88. The van der Waals surface area contributed by atoms with Gasteiger partial charge in [-0.25, -0.2) is 29.6 Å². The van der Waals surface area contributed by atoms with Crippen LogP contribution in [0.3, 0.4) is 0 Å². The predicted octanol–water partition coefficient (Wildman–Crippen LogP) is 2.33. The van der Waals surface area contributed by atoms with Gasteiger partial charge >= 0.3 is 0 Å². The number of hydrogen-bond donors (Lipinski definition) is 2. The van der Waals surface area contributed by atoms with Crippen molar-refractivity contribution in [2.75, 3.05) is 24.6 Å². The first kappa shape index (κ1) is 22.4. The Morgan fingerprint density at radius 2 is 1.91 bits per heavy atom. The van der Waals surface area contributed by atoms with Gasteiger partial charge in [-0.1, -0.05) is 0 Å². The summed E-state index contributed by atoms with van der Waals surface area (Å²) in [6.45, 7) is 4.93. The topological polar surface area (TPSA) is 119 Å². The first-order valence-corrected chi connectivity index (χ1v) is 11.2. The Morgan fingerprint density at radius 1 is 1.15 bits per heavy atom. The fourth-order valence-electron chi connectivity index (χ4n) is 3.88. The normalized spacial score (nSPS) is 19.0. The number of hydrogen-bond acceptors (Lipinski definition) is 9. The number of aromatic nitrogens is 4. The number of fused-ring (bicyclic) bond motifs is 1. The molecule has 11 heteroatoms. The molecule has 3 heterocycles. The van der Waals surface area contributed by atoms with Gasteiger partial charge in [0, 0.05) is 30.4 Å². The van der Waals surface area contributed by atoms with Crippen molar-refractivity contribution in [3.05, 3.63) is 53.1 Å². The minimum absolute atomic E-state index is 0.125. The summed E-state index contributed by atoms with van der Waals surface area (Å²) >= 11 is 0. The largest absolute Gasteiger partial charge is 0.399 e. The molecular formula is C23H26F2N8O. The van der Waals surface area contributed by atoms with Crippen molar-refractivity contribution in [1.82, 2.24) is 24.9 Å². The number of anilines is 1. The van der Waals surface area contributed by atoms with Crippen LogP contribution in [0.15, 0.2) is 30.1 Å². The van der Waals surface area contributed by atoms with Crippen molar-refractivity contribution in [2.24, 2.45) is 11.6 Å². The molecule has 0 amide bonds. The van der Waals surface area contributed by atoms with Crippen LogP contribution in [-0.2, 0) is 4.74 Å². The molecule has 3 aromatic rings. The van der Waals surface area contributed by atoms with Crippen molar-refractivity contribution >= 4 is 17.1 Å². The molecule has 1 saturated heterocycles. The van der Waals surface area contributed by atoms with E-state index in [0.29, 0.717) is 59.9 Å². The molecule has 1 aliphatic heterocycles. The van der Waals surface area contributed by atoms with Gasteiger partial charge in [-0.05, 0) is 38.8 Å². The lowest BCUT2D eigenvalue weighted by molar-refractivity contribution is 0.0613. The van der Waals surface area contributed by atoms with Crippen LogP contribution >= 0.6 is 0 Å². The van der Waals surface area contributed by atoms with E-state index in [-0.39, 0.29) is 11.3 Å². The Kier molecular flexibility index (Phi) is 5.74. The van der Waals surface area contributed by atoms with Gasteiger partial charge in [0.1, 0.15) is 28.9 Å². The van der Waals surface area contributed by atoms with Crippen LogP contribution in [-0.4, -0.2) is 56.8 Å². The first-order valence-electron chi connectivity index (χ1n) is 11.2. The van der Waals surface area contributed by atoms with Crippen LogP contribution in [0.5, 0.6) is 0 Å². The molecule has 0 radical (unpaired) electrons. The second-order valence-corrected chi connectivity index (χ2v) is 8.68. The van der Waals surface area contributed by atoms with E-state index in [1.807, 2.05) is 18.7 Å². The fraction of sp³-hybridized carbons (Fsp3) is 0.391. The number of halogens is 2. The van der Waals surface area contributed by atoms with E-state index in [2.05, 4.69) is 19.9 Å². The Morgan fingerprint density at radius 3 is 2.65 bits per heavy atom. The zero-order valence-electron chi connectivity index (χ0n) is 19.0. The Bertz CT molecular complexity index is 1280. The molecule has 2 aliphatic rings. The molecule has 4 N–H and O–H groups in total. The van der Waals surface area contributed by atoms with Gasteiger partial charge in [0.05, 0.1) is 30.2 Å². The molecule has 1 aromatic carbocycles. The molecule has 0 bridgehead atoms. The molecule has 178 valence electrons. The molecule has 1 unspecified atom stereocenters. The summed E-state index contributed by atoms with van der Waals surface area (Å²) in [5, 5.41) is 1.63. The smallest absolute Gasteiger partial charge is 0.228 e. The summed E-state index contributed by atoms with van der Waals surface area (Å²) in [5.74, 6) is 4.97. The van der Waals surface area contributed by atoms with E-state index < -0.39 is 17.7 Å². The average molecular weight is 469 g/mol. The lowest BCUT2D eigenvalue weighted by atomic mass is 10.1. The molecule has 9 nitrogen and oxygen atoms in total. The van der Waals surface area contributed by atoms with Crippen molar-refractivity contribution in [1.29, 1.82) is 0 Å². The molecule has 34 heavy (non-hydrogen) atoms. The van der Waals surface area contributed by atoms with E-state index in [9.17, 15) is 8.78 Å². The predicted molar refractivity (Wildman–Crippen MR) is 123 cm³/mol. The molecule has 0 spiro atoms. The minimum atomic E-state index is -0.735. The molecular weight excluding hydrogens is 442 g/mol. The average Bonchev–Trinajstić information content (AvgIpc) is 3.65. The number of aryl methyl sites for hydroxylation is 2. The Hall–Kier alpha value is -3.44. The maximum absolute atomic E-state index is 14.8. The number of benzene rings is 1. The van der Waals surface area contributed by atoms with Crippen LogP contribution in [0.25, 0.3) is 22.4 Å². The van der Waals surface area contributed by atoms with E-state index in [1.165, 1.54) is 12.1 Å². The maximum Gasteiger partial charge on any atom is 0.228 e. The number of nitrogens with zero attached hydrogens (tertiary/aromatic N) is 6. The van der Waals surface area contributed by atoms with Crippen LogP contribution < -0.4 is 16.5 Å². The number of ether oxygens (including phenoxy) is 1. The van der Waals surface area contributed by atoms with E-state index in [0.717, 1.165) is 18.9 Å². The third-order valence-corrected chi connectivity index (χ3v) is 6.10. The zero-order chi connectivity index (χ0) is 24.0. The van der Waals surface area contributed by atoms with Gasteiger partial charge < -0.3 is 20.4 Å². The highest BCUT2D eigenvalue weighted by atomic mass is 19.1. The highest BCUT2D eigenvalue weighted by Crippen LogP contribution is 2.30.